The number of esters is 1. The van der Waals surface area contributed by atoms with Crippen molar-refractivity contribution >= 4 is 52.5 Å². The third-order valence-electron chi connectivity index (χ3n) is 3.45. The van der Waals surface area contributed by atoms with Gasteiger partial charge in [-0.1, -0.05) is 29.3 Å². The normalized spacial score (nSPS) is 11.1. The van der Waals surface area contributed by atoms with E-state index < -0.39 is 24.3 Å². The van der Waals surface area contributed by atoms with Crippen LogP contribution in [0.4, 0.5) is 10.1 Å². The SMILES string of the molecule is O=C(COC(=O)/C=C/c1c(Cl)nc2ccccn12)Nc1cc(Cl)ccc1F. The van der Waals surface area contributed by atoms with E-state index in [1.165, 1.54) is 18.2 Å². The highest BCUT2D eigenvalue weighted by molar-refractivity contribution is 6.31. The van der Waals surface area contributed by atoms with E-state index in [-0.39, 0.29) is 15.9 Å². The van der Waals surface area contributed by atoms with Gasteiger partial charge in [-0.15, -0.1) is 0 Å². The molecule has 3 aromatic rings. The fraction of sp³-hybridized carbons (Fsp3) is 0.0556. The molecule has 9 heteroatoms. The molecule has 0 spiro atoms. The van der Waals surface area contributed by atoms with E-state index in [9.17, 15) is 14.0 Å². The fourth-order valence-electron chi connectivity index (χ4n) is 2.25. The summed E-state index contributed by atoms with van der Waals surface area (Å²) in [4.78, 5) is 27.7. The molecule has 0 aliphatic rings. The smallest absolute Gasteiger partial charge is 0.331 e. The van der Waals surface area contributed by atoms with Crippen molar-refractivity contribution < 1.29 is 18.7 Å². The van der Waals surface area contributed by atoms with Gasteiger partial charge in [0.05, 0.1) is 11.4 Å². The molecule has 0 radical (unpaired) electrons. The first-order valence-electron chi connectivity index (χ1n) is 7.66. The van der Waals surface area contributed by atoms with E-state index in [0.717, 1.165) is 12.1 Å². The van der Waals surface area contributed by atoms with E-state index in [1.807, 2.05) is 6.07 Å². The Hall–Kier alpha value is -2.90. The quantitative estimate of drug-likeness (QED) is 0.512. The third-order valence-corrected chi connectivity index (χ3v) is 3.96. The van der Waals surface area contributed by atoms with Crippen LogP contribution in [0.2, 0.25) is 10.2 Å². The summed E-state index contributed by atoms with van der Waals surface area (Å²) in [6.07, 6.45) is 4.29. The van der Waals surface area contributed by atoms with Gasteiger partial charge in [-0.3, -0.25) is 9.20 Å². The maximum atomic E-state index is 13.6. The number of nitrogens with one attached hydrogen (secondary N) is 1. The minimum absolute atomic E-state index is 0.100. The van der Waals surface area contributed by atoms with Gasteiger partial charge in [0.15, 0.2) is 11.8 Å². The van der Waals surface area contributed by atoms with E-state index in [2.05, 4.69) is 10.3 Å². The minimum atomic E-state index is -0.765. The molecule has 138 valence electrons. The van der Waals surface area contributed by atoms with E-state index >= 15 is 0 Å². The lowest BCUT2D eigenvalue weighted by atomic mass is 10.3. The van der Waals surface area contributed by atoms with E-state index in [4.69, 9.17) is 27.9 Å². The molecule has 0 unspecified atom stereocenters. The zero-order valence-electron chi connectivity index (χ0n) is 13.7. The highest BCUT2D eigenvalue weighted by Gasteiger charge is 2.11. The summed E-state index contributed by atoms with van der Waals surface area (Å²) in [6.45, 7) is -0.587. The Kier molecular flexibility index (Phi) is 5.73. The highest BCUT2D eigenvalue weighted by atomic mass is 35.5. The number of rotatable bonds is 5. The summed E-state index contributed by atoms with van der Waals surface area (Å²) in [5.41, 5.74) is 1.02. The van der Waals surface area contributed by atoms with Crippen molar-refractivity contribution in [3.05, 3.63) is 70.4 Å². The first kappa shape index (κ1) is 18.9. The van der Waals surface area contributed by atoms with Gasteiger partial charge in [-0.05, 0) is 36.4 Å². The van der Waals surface area contributed by atoms with Gasteiger partial charge in [0.1, 0.15) is 11.5 Å². The maximum absolute atomic E-state index is 13.6. The topological polar surface area (TPSA) is 72.7 Å². The predicted octanol–water partition coefficient (Wildman–Crippen LogP) is 3.98. The number of fused-ring (bicyclic) bond motifs is 1. The van der Waals surface area contributed by atoms with Crippen LogP contribution in [0.15, 0.2) is 48.7 Å². The number of aromatic nitrogens is 2. The van der Waals surface area contributed by atoms with Crippen molar-refractivity contribution in [1.82, 2.24) is 9.38 Å². The highest BCUT2D eigenvalue weighted by Crippen LogP contribution is 2.20. The van der Waals surface area contributed by atoms with Gasteiger partial charge in [-0.25, -0.2) is 14.2 Å². The van der Waals surface area contributed by atoms with Gasteiger partial charge in [0.2, 0.25) is 0 Å². The standard InChI is InChI=1S/C18H12Cl2FN3O3/c19-11-4-5-12(21)13(9-11)22-16(25)10-27-17(26)7-6-14-18(20)23-15-3-1-2-8-24(14)15/h1-9H,10H2,(H,22,25)/b7-6+. The van der Waals surface area contributed by atoms with Crippen LogP contribution in [0.5, 0.6) is 0 Å². The number of benzene rings is 1. The molecule has 0 bridgehead atoms. The van der Waals surface area contributed by atoms with Crippen molar-refractivity contribution in [1.29, 1.82) is 0 Å². The summed E-state index contributed by atoms with van der Waals surface area (Å²) in [7, 11) is 0. The number of anilines is 1. The Morgan fingerprint density at radius 2 is 2.07 bits per heavy atom. The monoisotopic (exact) mass is 407 g/mol. The molecule has 1 amide bonds. The second kappa shape index (κ2) is 8.20. The number of hydrogen-bond acceptors (Lipinski definition) is 4. The predicted molar refractivity (Wildman–Crippen MR) is 100 cm³/mol. The number of ether oxygens (including phenoxy) is 1. The molecule has 0 saturated heterocycles. The zero-order valence-corrected chi connectivity index (χ0v) is 15.2. The largest absolute Gasteiger partial charge is 0.452 e. The molecular formula is C18H12Cl2FN3O3. The van der Waals surface area contributed by atoms with Crippen molar-refractivity contribution in [2.24, 2.45) is 0 Å². The minimum Gasteiger partial charge on any atom is -0.452 e. The van der Waals surface area contributed by atoms with Crippen LogP contribution in [0.25, 0.3) is 11.7 Å². The molecule has 6 nitrogen and oxygen atoms in total. The Bertz CT molecular complexity index is 1050. The van der Waals surface area contributed by atoms with Crippen LogP contribution in [-0.4, -0.2) is 27.9 Å². The van der Waals surface area contributed by atoms with Crippen molar-refractivity contribution in [2.45, 2.75) is 0 Å². The van der Waals surface area contributed by atoms with Crippen molar-refractivity contribution in [3.63, 3.8) is 0 Å². The molecule has 2 aromatic heterocycles. The first-order valence-corrected chi connectivity index (χ1v) is 8.42. The van der Waals surface area contributed by atoms with Crippen LogP contribution in [0, 0.1) is 5.82 Å². The maximum Gasteiger partial charge on any atom is 0.331 e. The van der Waals surface area contributed by atoms with Gasteiger partial charge < -0.3 is 10.1 Å². The lowest BCUT2D eigenvalue weighted by Crippen LogP contribution is -2.20. The average Bonchev–Trinajstić information content (AvgIpc) is 2.96. The molecule has 0 aliphatic carbocycles. The zero-order chi connectivity index (χ0) is 19.4. The number of pyridine rings is 1. The van der Waals surface area contributed by atoms with Gasteiger partial charge in [-0.2, -0.15) is 0 Å². The third kappa shape index (κ3) is 4.64. The molecule has 0 atom stereocenters. The van der Waals surface area contributed by atoms with Crippen molar-refractivity contribution in [2.75, 3.05) is 11.9 Å². The average molecular weight is 408 g/mol. The molecule has 2 heterocycles. The number of carbonyl (C=O) groups is 2. The molecule has 3 rings (SSSR count). The van der Waals surface area contributed by atoms with Crippen LogP contribution >= 0.6 is 23.2 Å². The van der Waals surface area contributed by atoms with Crippen LogP contribution in [0.1, 0.15) is 5.69 Å². The van der Waals surface area contributed by atoms with Crippen LogP contribution < -0.4 is 5.32 Å². The fourth-order valence-corrected chi connectivity index (χ4v) is 2.66. The Labute approximate surface area is 163 Å². The van der Waals surface area contributed by atoms with Crippen LogP contribution in [-0.2, 0) is 14.3 Å². The van der Waals surface area contributed by atoms with Crippen molar-refractivity contribution in [3.8, 4) is 0 Å². The summed E-state index contributed by atoms with van der Waals surface area (Å²) in [5.74, 6) is -2.12. The Morgan fingerprint density at radius 3 is 2.89 bits per heavy atom. The van der Waals surface area contributed by atoms with E-state index in [0.29, 0.717) is 11.3 Å². The summed E-state index contributed by atoms with van der Waals surface area (Å²) in [5, 5.41) is 2.76. The molecule has 0 saturated carbocycles. The van der Waals surface area contributed by atoms with Gasteiger partial charge in [0.25, 0.3) is 5.91 Å². The number of amides is 1. The number of imidazole rings is 1. The first-order chi connectivity index (χ1) is 12.9. The van der Waals surface area contributed by atoms with Gasteiger partial charge >= 0.3 is 5.97 Å². The Morgan fingerprint density at radius 1 is 1.26 bits per heavy atom. The molecule has 1 N–H and O–H groups in total. The summed E-state index contributed by atoms with van der Waals surface area (Å²) in [6, 6.07) is 9.08. The molecule has 0 fully saturated rings. The number of carbonyl (C=O) groups excluding carboxylic acids is 2. The number of halogens is 3. The Balaban J connectivity index is 1.59. The summed E-state index contributed by atoms with van der Waals surface area (Å²) >= 11 is 11.8. The lowest BCUT2D eigenvalue weighted by molar-refractivity contribution is -0.142. The number of nitrogens with zero attached hydrogens (tertiary/aromatic N) is 2. The molecule has 0 aliphatic heterocycles. The second-order valence-corrected chi connectivity index (χ2v) is 6.12. The van der Waals surface area contributed by atoms with Gasteiger partial charge in [0, 0.05) is 17.3 Å². The molecule has 27 heavy (non-hydrogen) atoms. The summed E-state index contributed by atoms with van der Waals surface area (Å²) < 4.78 is 20.1. The molecule has 1 aromatic carbocycles. The second-order valence-electron chi connectivity index (χ2n) is 5.33. The van der Waals surface area contributed by atoms with Crippen LogP contribution in [0.3, 0.4) is 0 Å². The number of hydrogen-bond donors (Lipinski definition) is 1. The lowest BCUT2D eigenvalue weighted by Gasteiger charge is -2.06. The van der Waals surface area contributed by atoms with E-state index in [1.54, 1.807) is 22.7 Å². The molecular weight excluding hydrogens is 396 g/mol.